The van der Waals surface area contributed by atoms with Crippen molar-refractivity contribution >= 4 is 6.03 Å². The molecule has 0 aromatic heterocycles. The van der Waals surface area contributed by atoms with Gasteiger partial charge in [0.2, 0.25) is 0 Å². The lowest BCUT2D eigenvalue weighted by molar-refractivity contribution is 0.0876. The van der Waals surface area contributed by atoms with Crippen LogP contribution in [0.5, 0.6) is 0 Å². The van der Waals surface area contributed by atoms with Crippen molar-refractivity contribution in [3.8, 4) is 0 Å². The average molecular weight is 242 g/mol. The number of hydrogen-bond acceptors (Lipinski definition) is 3. The van der Waals surface area contributed by atoms with Gasteiger partial charge in [0, 0.05) is 19.7 Å². The van der Waals surface area contributed by atoms with Crippen molar-refractivity contribution in [2.75, 3.05) is 26.3 Å². The van der Waals surface area contributed by atoms with Crippen LogP contribution in [0.2, 0.25) is 0 Å². The maximum atomic E-state index is 12.0. The fraction of sp³-hybridized carbons (Fsp3) is 0.917. The molecule has 0 radical (unpaired) electrons. The number of rotatable bonds is 3. The third-order valence-electron chi connectivity index (χ3n) is 3.84. The second-order valence-corrected chi connectivity index (χ2v) is 5.23. The van der Waals surface area contributed by atoms with E-state index in [9.17, 15) is 9.90 Å². The van der Waals surface area contributed by atoms with Crippen LogP contribution >= 0.6 is 0 Å². The molecule has 5 heteroatoms. The molecular formula is C12H22N2O3. The van der Waals surface area contributed by atoms with Crippen molar-refractivity contribution in [1.29, 1.82) is 0 Å². The van der Waals surface area contributed by atoms with Crippen LogP contribution in [0.1, 0.15) is 32.6 Å². The third-order valence-corrected chi connectivity index (χ3v) is 3.84. The van der Waals surface area contributed by atoms with E-state index in [4.69, 9.17) is 4.74 Å². The van der Waals surface area contributed by atoms with E-state index in [0.29, 0.717) is 6.54 Å². The Labute approximate surface area is 102 Å². The molecule has 0 bridgehead atoms. The molecule has 2 aliphatic heterocycles. The minimum absolute atomic E-state index is 0.0281. The van der Waals surface area contributed by atoms with Crippen LogP contribution < -0.4 is 5.32 Å². The van der Waals surface area contributed by atoms with Crippen LogP contribution in [0.15, 0.2) is 0 Å². The van der Waals surface area contributed by atoms with E-state index < -0.39 is 0 Å². The van der Waals surface area contributed by atoms with E-state index in [2.05, 4.69) is 5.32 Å². The monoisotopic (exact) mass is 242 g/mol. The van der Waals surface area contributed by atoms with Crippen LogP contribution in [0.3, 0.4) is 0 Å². The Balaban J connectivity index is 1.82. The first kappa shape index (κ1) is 12.6. The molecule has 2 amide bonds. The van der Waals surface area contributed by atoms with E-state index in [-0.39, 0.29) is 24.3 Å². The molecule has 2 saturated heterocycles. The second kappa shape index (κ2) is 5.23. The Morgan fingerprint density at radius 1 is 1.59 bits per heavy atom. The number of aliphatic hydroxyl groups is 1. The molecule has 2 rings (SSSR count). The van der Waals surface area contributed by atoms with Crippen molar-refractivity contribution in [1.82, 2.24) is 10.2 Å². The fourth-order valence-electron chi connectivity index (χ4n) is 2.64. The molecule has 2 fully saturated rings. The lowest BCUT2D eigenvalue weighted by atomic mass is 10.0. The van der Waals surface area contributed by atoms with Crippen LogP contribution in [0.25, 0.3) is 0 Å². The molecule has 0 unspecified atom stereocenters. The summed E-state index contributed by atoms with van der Waals surface area (Å²) in [4.78, 5) is 13.8. The molecule has 2 atom stereocenters. The highest BCUT2D eigenvalue weighted by atomic mass is 16.5. The van der Waals surface area contributed by atoms with Crippen molar-refractivity contribution < 1.29 is 14.6 Å². The highest BCUT2D eigenvalue weighted by Gasteiger charge is 2.39. The molecule has 2 N–H and O–H groups in total. The van der Waals surface area contributed by atoms with E-state index in [1.807, 2.05) is 6.92 Å². The van der Waals surface area contributed by atoms with Gasteiger partial charge >= 0.3 is 6.03 Å². The number of urea groups is 1. The van der Waals surface area contributed by atoms with Gasteiger partial charge in [-0.2, -0.15) is 0 Å². The van der Waals surface area contributed by atoms with Crippen molar-refractivity contribution in [3.05, 3.63) is 0 Å². The number of aliphatic hydroxyl groups excluding tert-OH is 1. The van der Waals surface area contributed by atoms with Crippen LogP contribution in [-0.2, 0) is 4.74 Å². The third kappa shape index (κ3) is 2.72. The van der Waals surface area contributed by atoms with Crippen molar-refractivity contribution in [2.45, 2.75) is 44.2 Å². The molecule has 98 valence electrons. The summed E-state index contributed by atoms with van der Waals surface area (Å²) in [6.45, 7) is 4.08. The van der Waals surface area contributed by atoms with Crippen molar-refractivity contribution in [2.24, 2.45) is 0 Å². The van der Waals surface area contributed by atoms with Gasteiger partial charge in [-0.05, 0) is 32.6 Å². The summed E-state index contributed by atoms with van der Waals surface area (Å²) in [6.07, 6.45) is 4.11. The Hall–Kier alpha value is -0.810. The Bertz CT molecular complexity index is 279. The maximum absolute atomic E-state index is 12.0. The topological polar surface area (TPSA) is 61.8 Å². The van der Waals surface area contributed by atoms with Crippen molar-refractivity contribution in [3.63, 3.8) is 0 Å². The smallest absolute Gasteiger partial charge is 0.318 e. The van der Waals surface area contributed by atoms with Gasteiger partial charge in [-0.25, -0.2) is 4.79 Å². The van der Waals surface area contributed by atoms with Gasteiger partial charge in [-0.15, -0.1) is 0 Å². The van der Waals surface area contributed by atoms with Gasteiger partial charge in [-0.1, -0.05) is 0 Å². The number of hydrogen-bond donors (Lipinski definition) is 2. The molecule has 2 heterocycles. The summed E-state index contributed by atoms with van der Waals surface area (Å²) >= 11 is 0. The Morgan fingerprint density at radius 2 is 2.41 bits per heavy atom. The molecule has 17 heavy (non-hydrogen) atoms. The zero-order chi connectivity index (χ0) is 12.3. The number of carbonyl (C=O) groups excluding carboxylic acids is 1. The first-order chi connectivity index (χ1) is 8.15. The Morgan fingerprint density at radius 3 is 3.06 bits per heavy atom. The molecule has 0 aromatic carbocycles. The minimum Gasteiger partial charge on any atom is -0.394 e. The highest BCUT2D eigenvalue weighted by molar-refractivity contribution is 5.75. The molecule has 0 aliphatic carbocycles. The van der Waals surface area contributed by atoms with Gasteiger partial charge in [-0.3, -0.25) is 0 Å². The minimum atomic E-state index is -0.388. The maximum Gasteiger partial charge on any atom is 0.318 e. The largest absolute Gasteiger partial charge is 0.394 e. The summed E-state index contributed by atoms with van der Waals surface area (Å²) in [6, 6.07) is -0.0745. The fourth-order valence-corrected chi connectivity index (χ4v) is 2.64. The predicted molar refractivity (Wildman–Crippen MR) is 63.8 cm³/mol. The van der Waals surface area contributed by atoms with Crippen LogP contribution in [0, 0.1) is 0 Å². The van der Waals surface area contributed by atoms with Gasteiger partial charge in [0.05, 0.1) is 18.2 Å². The standard InChI is InChI=1S/C12H22N2O3/c1-12(9-15)5-3-6-14(12)11(16)13-8-10-4-2-7-17-10/h10,15H,2-9H2,1H3,(H,13,16)/t10-,12-/m1/s1. The molecule has 0 saturated carbocycles. The van der Waals surface area contributed by atoms with Gasteiger partial charge < -0.3 is 20.1 Å². The van der Waals surface area contributed by atoms with Gasteiger partial charge in [0.1, 0.15) is 0 Å². The van der Waals surface area contributed by atoms with Crippen LogP contribution in [-0.4, -0.2) is 54.0 Å². The predicted octanol–water partition coefficient (Wildman–Crippen LogP) is 0.722. The van der Waals surface area contributed by atoms with E-state index in [1.165, 1.54) is 0 Å². The number of carbonyl (C=O) groups is 1. The molecule has 5 nitrogen and oxygen atoms in total. The van der Waals surface area contributed by atoms with Gasteiger partial charge in [0.25, 0.3) is 0 Å². The number of ether oxygens (including phenoxy) is 1. The number of amides is 2. The zero-order valence-electron chi connectivity index (χ0n) is 10.4. The molecular weight excluding hydrogens is 220 g/mol. The van der Waals surface area contributed by atoms with E-state index >= 15 is 0 Å². The molecule has 2 aliphatic rings. The van der Waals surface area contributed by atoms with E-state index in [0.717, 1.165) is 38.8 Å². The summed E-state index contributed by atoms with van der Waals surface area (Å²) in [7, 11) is 0. The number of nitrogens with zero attached hydrogens (tertiary/aromatic N) is 1. The first-order valence-corrected chi connectivity index (χ1v) is 6.44. The summed E-state index contributed by atoms with van der Waals surface area (Å²) in [5.74, 6) is 0. The molecule has 0 spiro atoms. The van der Waals surface area contributed by atoms with Crippen LogP contribution in [0.4, 0.5) is 4.79 Å². The summed E-state index contributed by atoms with van der Waals surface area (Å²) in [5.41, 5.74) is -0.388. The number of nitrogens with one attached hydrogen (secondary N) is 1. The zero-order valence-corrected chi connectivity index (χ0v) is 10.4. The Kier molecular flexibility index (Phi) is 3.89. The van der Waals surface area contributed by atoms with E-state index in [1.54, 1.807) is 4.90 Å². The second-order valence-electron chi connectivity index (χ2n) is 5.23. The summed E-state index contributed by atoms with van der Waals surface area (Å²) < 4.78 is 5.46. The quantitative estimate of drug-likeness (QED) is 0.766. The first-order valence-electron chi connectivity index (χ1n) is 6.44. The lowest BCUT2D eigenvalue weighted by Crippen LogP contribution is -2.52. The lowest BCUT2D eigenvalue weighted by Gasteiger charge is -2.33. The van der Waals surface area contributed by atoms with Gasteiger partial charge in [0.15, 0.2) is 0 Å². The highest BCUT2D eigenvalue weighted by Crippen LogP contribution is 2.28. The normalized spacial score (nSPS) is 33.1. The average Bonchev–Trinajstić information content (AvgIpc) is 2.95. The SMILES string of the molecule is C[C@]1(CO)CCCN1C(=O)NC[C@H]1CCCO1. The molecule has 0 aromatic rings. The summed E-state index contributed by atoms with van der Waals surface area (Å²) in [5, 5.41) is 12.3. The number of likely N-dealkylation sites (tertiary alicyclic amines) is 1.